The molecule has 0 atom stereocenters. The Morgan fingerprint density at radius 1 is 1.19 bits per heavy atom. The molecule has 1 amide bonds. The van der Waals surface area contributed by atoms with Gasteiger partial charge in [-0.25, -0.2) is 4.98 Å². The Balaban J connectivity index is 1.67. The number of guanidine groups is 1. The maximum absolute atomic E-state index is 12.5. The van der Waals surface area contributed by atoms with E-state index < -0.39 is 0 Å². The van der Waals surface area contributed by atoms with Crippen LogP contribution in [0.4, 0.5) is 5.82 Å². The van der Waals surface area contributed by atoms with E-state index in [1.807, 2.05) is 29.3 Å². The van der Waals surface area contributed by atoms with Gasteiger partial charge in [-0.15, -0.1) is 0 Å². The van der Waals surface area contributed by atoms with Crippen molar-refractivity contribution in [3.8, 4) is 0 Å². The minimum Gasteiger partial charge on any atom is -0.356 e. The molecule has 1 aliphatic heterocycles. The molecule has 7 heteroatoms. The van der Waals surface area contributed by atoms with Crippen LogP contribution in [0.1, 0.15) is 33.1 Å². The minimum atomic E-state index is 0.193. The lowest BCUT2D eigenvalue weighted by molar-refractivity contribution is -0.131. The normalized spacial score (nSPS) is 15.2. The van der Waals surface area contributed by atoms with E-state index in [-0.39, 0.29) is 5.91 Å². The van der Waals surface area contributed by atoms with Gasteiger partial charge in [-0.1, -0.05) is 32.8 Å². The first-order chi connectivity index (χ1) is 13.2. The molecule has 1 fully saturated rings. The Morgan fingerprint density at radius 2 is 1.93 bits per heavy atom. The molecule has 0 aliphatic carbocycles. The minimum absolute atomic E-state index is 0.193. The summed E-state index contributed by atoms with van der Waals surface area (Å²) < 4.78 is 0. The Kier molecular flexibility index (Phi) is 8.87. The fraction of sp³-hybridized carbons (Fsp3) is 0.650. The summed E-state index contributed by atoms with van der Waals surface area (Å²) in [6, 6.07) is 5.93. The maximum atomic E-state index is 12.5. The van der Waals surface area contributed by atoms with E-state index in [2.05, 4.69) is 39.4 Å². The second kappa shape index (κ2) is 11.4. The van der Waals surface area contributed by atoms with Crippen LogP contribution in [0.3, 0.4) is 0 Å². The van der Waals surface area contributed by atoms with Crippen LogP contribution in [0.25, 0.3) is 0 Å². The highest BCUT2D eigenvalue weighted by Gasteiger charge is 2.21. The molecule has 1 aromatic rings. The average Bonchev–Trinajstić information content (AvgIpc) is 2.73. The molecule has 0 spiro atoms. The SMILES string of the molecule is CCC(CC)CNC(=NC)NCCC(=O)N1CCN(c2ccccn2)CC1. The summed E-state index contributed by atoms with van der Waals surface area (Å²) in [4.78, 5) is 25.3. The first-order valence-corrected chi connectivity index (χ1v) is 10.1. The van der Waals surface area contributed by atoms with Gasteiger partial charge >= 0.3 is 0 Å². The van der Waals surface area contributed by atoms with Gasteiger partial charge in [-0.2, -0.15) is 0 Å². The standard InChI is InChI=1S/C20H34N6O/c1-4-17(5-2)16-24-20(21-3)23-11-9-19(27)26-14-12-25(13-15-26)18-8-6-7-10-22-18/h6-8,10,17H,4-5,9,11-16H2,1-3H3,(H2,21,23,24). The molecule has 1 aliphatic rings. The molecule has 0 saturated carbocycles. The largest absolute Gasteiger partial charge is 0.356 e. The molecule has 2 rings (SSSR count). The number of pyridine rings is 1. The predicted molar refractivity (Wildman–Crippen MR) is 111 cm³/mol. The number of carbonyl (C=O) groups excluding carboxylic acids is 1. The first kappa shape index (κ1) is 21.0. The van der Waals surface area contributed by atoms with Crippen molar-refractivity contribution in [3.05, 3.63) is 24.4 Å². The average molecular weight is 375 g/mol. The number of amides is 1. The summed E-state index contributed by atoms with van der Waals surface area (Å²) in [6.45, 7) is 9.08. The van der Waals surface area contributed by atoms with Crippen molar-refractivity contribution in [1.82, 2.24) is 20.5 Å². The van der Waals surface area contributed by atoms with Gasteiger partial charge in [-0.05, 0) is 18.1 Å². The summed E-state index contributed by atoms with van der Waals surface area (Å²) in [5.41, 5.74) is 0. The topological polar surface area (TPSA) is 72.9 Å². The van der Waals surface area contributed by atoms with Gasteiger partial charge in [0.15, 0.2) is 5.96 Å². The third kappa shape index (κ3) is 6.73. The molecule has 0 radical (unpaired) electrons. The smallest absolute Gasteiger partial charge is 0.224 e. The molecule has 150 valence electrons. The highest BCUT2D eigenvalue weighted by atomic mass is 16.2. The van der Waals surface area contributed by atoms with E-state index in [1.54, 1.807) is 7.05 Å². The van der Waals surface area contributed by atoms with Gasteiger partial charge < -0.3 is 20.4 Å². The number of piperazine rings is 1. The fourth-order valence-corrected chi connectivity index (χ4v) is 3.21. The van der Waals surface area contributed by atoms with Crippen molar-refractivity contribution in [1.29, 1.82) is 0 Å². The van der Waals surface area contributed by atoms with Crippen LogP contribution in [0.2, 0.25) is 0 Å². The molecule has 7 nitrogen and oxygen atoms in total. The van der Waals surface area contributed by atoms with Gasteiger partial charge in [0.25, 0.3) is 0 Å². The maximum Gasteiger partial charge on any atom is 0.224 e. The third-order valence-electron chi connectivity index (χ3n) is 5.17. The highest BCUT2D eigenvalue weighted by Crippen LogP contribution is 2.12. The zero-order valence-electron chi connectivity index (χ0n) is 16.9. The molecule has 0 aromatic carbocycles. The molecule has 1 aromatic heterocycles. The highest BCUT2D eigenvalue weighted by molar-refractivity contribution is 5.81. The lowest BCUT2D eigenvalue weighted by Crippen LogP contribution is -2.49. The number of nitrogens with zero attached hydrogens (tertiary/aromatic N) is 4. The summed E-state index contributed by atoms with van der Waals surface area (Å²) in [5.74, 6) is 2.60. The number of aromatic nitrogens is 1. The molecular weight excluding hydrogens is 340 g/mol. The Hall–Kier alpha value is -2.31. The number of hydrogen-bond donors (Lipinski definition) is 2. The summed E-state index contributed by atoms with van der Waals surface area (Å²) in [6.07, 6.45) is 4.60. The second-order valence-electron chi connectivity index (χ2n) is 6.87. The number of nitrogens with one attached hydrogen (secondary N) is 2. The van der Waals surface area contributed by atoms with E-state index in [0.29, 0.717) is 18.9 Å². The van der Waals surface area contributed by atoms with Crippen molar-refractivity contribution < 1.29 is 4.79 Å². The van der Waals surface area contributed by atoms with Crippen molar-refractivity contribution in [2.45, 2.75) is 33.1 Å². The Bertz CT molecular complexity index is 579. The van der Waals surface area contributed by atoms with Crippen molar-refractivity contribution >= 4 is 17.7 Å². The van der Waals surface area contributed by atoms with Crippen LogP contribution in [0, 0.1) is 5.92 Å². The van der Waals surface area contributed by atoms with Crippen molar-refractivity contribution in [3.63, 3.8) is 0 Å². The molecule has 2 N–H and O–H groups in total. The van der Waals surface area contributed by atoms with Crippen LogP contribution in [0.15, 0.2) is 29.4 Å². The van der Waals surface area contributed by atoms with E-state index >= 15 is 0 Å². The van der Waals surface area contributed by atoms with Crippen molar-refractivity contribution in [2.24, 2.45) is 10.9 Å². The van der Waals surface area contributed by atoms with Gasteiger partial charge in [0.05, 0.1) is 0 Å². The van der Waals surface area contributed by atoms with Crippen LogP contribution in [0.5, 0.6) is 0 Å². The van der Waals surface area contributed by atoms with E-state index in [0.717, 1.165) is 57.3 Å². The van der Waals surface area contributed by atoms with Gasteiger partial charge in [0.2, 0.25) is 5.91 Å². The van der Waals surface area contributed by atoms with Crippen molar-refractivity contribution in [2.75, 3.05) is 51.2 Å². The molecule has 1 saturated heterocycles. The molecule has 0 bridgehead atoms. The number of hydrogen-bond acceptors (Lipinski definition) is 4. The van der Waals surface area contributed by atoms with E-state index in [4.69, 9.17) is 0 Å². The lowest BCUT2D eigenvalue weighted by atomic mass is 10.0. The molecule has 0 unspecified atom stereocenters. The van der Waals surface area contributed by atoms with Crippen LogP contribution < -0.4 is 15.5 Å². The Morgan fingerprint density at radius 3 is 2.52 bits per heavy atom. The fourth-order valence-electron chi connectivity index (χ4n) is 3.21. The van der Waals surface area contributed by atoms with Gasteiger partial charge in [-0.3, -0.25) is 9.79 Å². The first-order valence-electron chi connectivity index (χ1n) is 10.1. The number of carbonyl (C=O) groups is 1. The van der Waals surface area contributed by atoms with Gasteiger partial charge in [0.1, 0.15) is 5.82 Å². The van der Waals surface area contributed by atoms with Crippen LogP contribution >= 0.6 is 0 Å². The van der Waals surface area contributed by atoms with Crippen LogP contribution in [-0.2, 0) is 4.79 Å². The second-order valence-corrected chi connectivity index (χ2v) is 6.87. The summed E-state index contributed by atoms with van der Waals surface area (Å²) in [7, 11) is 1.76. The number of anilines is 1. The lowest BCUT2D eigenvalue weighted by Gasteiger charge is -2.35. The quantitative estimate of drug-likeness (QED) is 0.535. The van der Waals surface area contributed by atoms with E-state index in [1.165, 1.54) is 0 Å². The summed E-state index contributed by atoms with van der Waals surface area (Å²) >= 11 is 0. The molecule has 27 heavy (non-hydrogen) atoms. The number of rotatable bonds is 8. The number of aliphatic imine (C=N–C) groups is 1. The third-order valence-corrected chi connectivity index (χ3v) is 5.17. The zero-order valence-corrected chi connectivity index (χ0v) is 16.9. The van der Waals surface area contributed by atoms with Gasteiger partial charge in [0, 0.05) is 58.9 Å². The Labute approximate surface area is 163 Å². The monoisotopic (exact) mass is 374 g/mol. The predicted octanol–water partition coefficient (Wildman–Crippen LogP) is 1.72. The van der Waals surface area contributed by atoms with Crippen LogP contribution in [-0.4, -0.2) is 68.1 Å². The summed E-state index contributed by atoms with van der Waals surface area (Å²) in [5, 5.41) is 6.60. The van der Waals surface area contributed by atoms with E-state index in [9.17, 15) is 4.79 Å². The molecule has 2 heterocycles. The molecular formula is C20H34N6O. The zero-order chi connectivity index (χ0) is 19.5.